The number of hydrogen-bond donors (Lipinski definition) is 2. The lowest BCUT2D eigenvalue weighted by atomic mass is 9.78. The third-order valence-electron chi connectivity index (χ3n) is 9.66. The Morgan fingerprint density at radius 3 is 1.18 bits per heavy atom. The van der Waals surface area contributed by atoms with Crippen LogP contribution in [0.2, 0.25) is 0 Å². The zero-order chi connectivity index (χ0) is 34.4. The van der Waals surface area contributed by atoms with Gasteiger partial charge in [0.05, 0.1) is 0 Å². The molecule has 10 heteroatoms. The molecule has 0 saturated carbocycles. The van der Waals surface area contributed by atoms with E-state index < -0.39 is 0 Å². The first-order valence-corrected chi connectivity index (χ1v) is 16.9. The van der Waals surface area contributed by atoms with Gasteiger partial charge in [0.15, 0.2) is 13.2 Å². The Morgan fingerprint density at radius 1 is 0.531 bits per heavy atom. The van der Waals surface area contributed by atoms with Gasteiger partial charge in [0.2, 0.25) is 0 Å². The van der Waals surface area contributed by atoms with E-state index in [4.69, 9.17) is 20.9 Å². The van der Waals surface area contributed by atoms with Gasteiger partial charge in [-0.2, -0.15) is 0 Å². The van der Waals surface area contributed by atoms with Crippen molar-refractivity contribution in [2.75, 3.05) is 86.8 Å². The maximum Gasteiger partial charge on any atom is 0.260 e. The van der Waals surface area contributed by atoms with Crippen LogP contribution >= 0.6 is 0 Å². The average molecular weight is 663 g/mol. The highest BCUT2D eigenvalue weighted by Crippen LogP contribution is 2.33. The number of nitrogens with two attached hydrogens (primary N) is 2. The molecule has 10 nitrogen and oxygen atoms in total. The third-order valence-corrected chi connectivity index (χ3v) is 9.66. The SMILES string of the molecule is CC(C)(c1ccc(OCC(=O)N2CCN(c3ccc(N)cc3)CC2)cc1)c1ccc(OCC(=O)N2CCN(c3ccc(N)cc3)CC2)cc1. The largest absolute Gasteiger partial charge is 0.484 e. The number of rotatable bonds is 10. The van der Waals surface area contributed by atoms with E-state index >= 15 is 0 Å². The summed E-state index contributed by atoms with van der Waals surface area (Å²) >= 11 is 0. The van der Waals surface area contributed by atoms with E-state index in [0.717, 1.165) is 60.1 Å². The first-order valence-electron chi connectivity index (χ1n) is 16.9. The van der Waals surface area contributed by atoms with Crippen LogP contribution in [-0.4, -0.2) is 87.2 Å². The lowest BCUT2D eigenvalue weighted by Crippen LogP contribution is -2.50. The van der Waals surface area contributed by atoms with Crippen molar-refractivity contribution in [3.05, 3.63) is 108 Å². The number of ether oxygens (including phenoxy) is 2. The minimum Gasteiger partial charge on any atom is -0.484 e. The standard InChI is InChI=1S/C39H46N6O4/c1-39(2,29-3-15-35(16-4-29)48-27-37(46)44-23-19-42(20-24-44)33-11-7-31(40)8-12-33)30-5-17-36(18-6-30)49-28-38(47)45-25-21-43(22-26-45)34-13-9-32(41)10-14-34/h3-18H,19-28,40-41H2,1-2H3. The van der Waals surface area contributed by atoms with Crippen molar-refractivity contribution in [2.24, 2.45) is 0 Å². The molecule has 2 heterocycles. The van der Waals surface area contributed by atoms with Gasteiger partial charge < -0.3 is 40.5 Å². The van der Waals surface area contributed by atoms with Crippen molar-refractivity contribution < 1.29 is 19.1 Å². The minimum absolute atomic E-state index is 0.00833. The van der Waals surface area contributed by atoms with E-state index in [1.54, 1.807) is 0 Å². The fourth-order valence-corrected chi connectivity index (χ4v) is 6.37. The molecule has 2 saturated heterocycles. The molecular weight excluding hydrogens is 616 g/mol. The van der Waals surface area contributed by atoms with Gasteiger partial charge in [0.1, 0.15) is 11.5 Å². The van der Waals surface area contributed by atoms with Gasteiger partial charge >= 0.3 is 0 Å². The molecule has 0 unspecified atom stereocenters. The molecule has 0 aromatic heterocycles. The molecule has 256 valence electrons. The highest BCUT2D eigenvalue weighted by atomic mass is 16.5. The van der Waals surface area contributed by atoms with E-state index in [-0.39, 0.29) is 30.4 Å². The Morgan fingerprint density at radius 2 is 0.857 bits per heavy atom. The van der Waals surface area contributed by atoms with Gasteiger partial charge in [-0.15, -0.1) is 0 Å². The summed E-state index contributed by atoms with van der Waals surface area (Å²) in [6.07, 6.45) is 0. The number of nitrogen functional groups attached to an aromatic ring is 2. The predicted octanol–water partition coefficient (Wildman–Crippen LogP) is 4.63. The van der Waals surface area contributed by atoms with Crippen LogP contribution in [0.1, 0.15) is 25.0 Å². The minimum atomic E-state index is -0.281. The second-order valence-electron chi connectivity index (χ2n) is 13.2. The zero-order valence-electron chi connectivity index (χ0n) is 28.4. The van der Waals surface area contributed by atoms with Gasteiger partial charge in [-0.25, -0.2) is 0 Å². The molecule has 4 N–H and O–H groups in total. The molecule has 0 bridgehead atoms. The second kappa shape index (κ2) is 14.8. The van der Waals surface area contributed by atoms with Gasteiger partial charge in [-0.1, -0.05) is 38.1 Å². The monoisotopic (exact) mass is 662 g/mol. The first kappa shape index (κ1) is 33.5. The van der Waals surface area contributed by atoms with Crippen LogP contribution in [0.15, 0.2) is 97.1 Å². The topological polar surface area (TPSA) is 118 Å². The predicted molar refractivity (Wildman–Crippen MR) is 195 cm³/mol. The summed E-state index contributed by atoms with van der Waals surface area (Å²) in [4.78, 5) is 34.0. The van der Waals surface area contributed by atoms with Gasteiger partial charge in [-0.3, -0.25) is 9.59 Å². The summed E-state index contributed by atoms with van der Waals surface area (Å²) < 4.78 is 11.8. The van der Waals surface area contributed by atoms with Crippen molar-refractivity contribution in [1.82, 2.24) is 9.80 Å². The highest BCUT2D eigenvalue weighted by Gasteiger charge is 2.25. The molecule has 49 heavy (non-hydrogen) atoms. The van der Waals surface area contributed by atoms with Crippen LogP contribution < -0.4 is 30.7 Å². The molecule has 0 aliphatic carbocycles. The maximum atomic E-state index is 12.9. The smallest absolute Gasteiger partial charge is 0.260 e. The van der Waals surface area contributed by atoms with E-state index in [1.807, 2.05) is 107 Å². The summed E-state index contributed by atoms with van der Waals surface area (Å²) in [7, 11) is 0. The number of nitrogens with zero attached hydrogens (tertiary/aromatic N) is 4. The molecule has 2 amide bonds. The van der Waals surface area contributed by atoms with Crippen molar-refractivity contribution >= 4 is 34.6 Å². The third kappa shape index (κ3) is 8.20. The number of carbonyl (C=O) groups is 2. The quantitative estimate of drug-likeness (QED) is 0.236. The van der Waals surface area contributed by atoms with Crippen molar-refractivity contribution in [3.63, 3.8) is 0 Å². The first-order chi connectivity index (χ1) is 23.7. The number of hydrogen-bond acceptors (Lipinski definition) is 8. The number of piperazine rings is 2. The van der Waals surface area contributed by atoms with Crippen LogP contribution in [-0.2, 0) is 15.0 Å². The Balaban J connectivity index is 0.938. The van der Waals surface area contributed by atoms with Crippen LogP contribution in [0.5, 0.6) is 11.5 Å². The summed E-state index contributed by atoms with van der Waals surface area (Å²) in [5.41, 5.74) is 17.3. The van der Waals surface area contributed by atoms with Crippen LogP contribution in [0.4, 0.5) is 22.7 Å². The van der Waals surface area contributed by atoms with Crippen LogP contribution in [0.25, 0.3) is 0 Å². The Labute approximate surface area is 288 Å². The summed E-state index contributed by atoms with van der Waals surface area (Å²) in [6, 6.07) is 31.5. The number of carbonyl (C=O) groups excluding carboxylic acids is 2. The van der Waals surface area contributed by atoms with E-state index in [2.05, 4.69) is 23.6 Å². The van der Waals surface area contributed by atoms with Gasteiger partial charge in [0, 0.05) is 80.5 Å². The van der Waals surface area contributed by atoms with Crippen molar-refractivity contribution in [1.29, 1.82) is 0 Å². The summed E-state index contributed by atoms with van der Waals surface area (Å²) in [5.74, 6) is 1.30. The molecule has 4 aromatic rings. The molecule has 0 spiro atoms. The lowest BCUT2D eigenvalue weighted by Gasteiger charge is -2.36. The van der Waals surface area contributed by atoms with Gasteiger partial charge in [0.25, 0.3) is 11.8 Å². The molecule has 6 rings (SSSR count). The Bertz CT molecular complexity index is 1570. The van der Waals surface area contributed by atoms with Crippen molar-refractivity contribution in [3.8, 4) is 11.5 Å². The average Bonchev–Trinajstić information content (AvgIpc) is 3.14. The molecule has 4 aromatic carbocycles. The summed E-state index contributed by atoms with van der Waals surface area (Å²) in [5, 5.41) is 0. The maximum absolute atomic E-state index is 12.9. The van der Waals surface area contributed by atoms with E-state index in [9.17, 15) is 9.59 Å². The number of amides is 2. The Kier molecular flexibility index (Phi) is 10.1. The van der Waals surface area contributed by atoms with Gasteiger partial charge in [-0.05, 0) is 83.9 Å². The van der Waals surface area contributed by atoms with E-state index in [0.29, 0.717) is 37.7 Å². The second-order valence-corrected chi connectivity index (χ2v) is 13.2. The molecule has 0 atom stereocenters. The summed E-state index contributed by atoms with van der Waals surface area (Å²) in [6.45, 7) is 10.1. The fraction of sp³-hybridized carbons (Fsp3) is 0.333. The molecule has 2 aliphatic rings. The fourth-order valence-electron chi connectivity index (χ4n) is 6.37. The van der Waals surface area contributed by atoms with Crippen molar-refractivity contribution in [2.45, 2.75) is 19.3 Å². The lowest BCUT2D eigenvalue weighted by molar-refractivity contribution is -0.134. The molecule has 2 fully saturated rings. The highest BCUT2D eigenvalue weighted by molar-refractivity contribution is 5.78. The Hall–Kier alpha value is -5.38. The molecule has 2 aliphatic heterocycles. The number of anilines is 4. The number of benzene rings is 4. The van der Waals surface area contributed by atoms with E-state index in [1.165, 1.54) is 0 Å². The molecule has 0 radical (unpaired) electrons. The van der Waals surface area contributed by atoms with Crippen LogP contribution in [0, 0.1) is 0 Å². The molecular formula is C39H46N6O4. The normalized spacial score (nSPS) is 15.2. The zero-order valence-corrected chi connectivity index (χ0v) is 28.4. The van der Waals surface area contributed by atoms with Crippen LogP contribution in [0.3, 0.4) is 0 Å².